The first-order chi connectivity index (χ1) is 25.8. The number of rotatable bonds is 4. The minimum Gasteiger partial charge on any atom is -0.309 e. The van der Waals surface area contributed by atoms with Gasteiger partial charge in [0.15, 0.2) is 5.82 Å². The third kappa shape index (κ3) is 4.36. The van der Waals surface area contributed by atoms with Crippen LogP contribution in [0, 0.1) is 0 Å². The Hall–Kier alpha value is -6.69. The molecule has 5 heteroatoms. The van der Waals surface area contributed by atoms with Gasteiger partial charge >= 0.3 is 0 Å². The van der Waals surface area contributed by atoms with Crippen molar-refractivity contribution in [2.45, 2.75) is 0 Å². The van der Waals surface area contributed by atoms with Crippen molar-refractivity contribution in [3.63, 3.8) is 0 Å². The van der Waals surface area contributed by atoms with Gasteiger partial charge in [0, 0.05) is 64.7 Å². The topological polar surface area (TPSA) is 43.6 Å². The second-order valence-electron chi connectivity index (χ2n) is 13.2. The van der Waals surface area contributed by atoms with Gasteiger partial charge < -0.3 is 4.57 Å². The van der Waals surface area contributed by atoms with E-state index >= 15 is 0 Å². The highest BCUT2D eigenvalue weighted by Crippen LogP contribution is 2.48. The molecule has 0 aliphatic heterocycles. The van der Waals surface area contributed by atoms with Crippen LogP contribution in [-0.2, 0) is 0 Å². The molecule has 0 fully saturated rings. The molecular formula is C47H28N4S. The van der Waals surface area contributed by atoms with Crippen LogP contribution in [0.25, 0.3) is 103 Å². The standard InChI is InChI=1S/C47H28N4S/c1-2-12-29(13-3-1)31-14-10-15-32(28-31)43-44-38(20-11-27-48-44)49-47(50-43)30-23-25-33(26-24-30)51-39-21-8-6-18-36(39)41-42-37-19-7-9-22-40(37)52-46(42)35-17-5-4-16-34(35)45(41)51/h1-28H. The van der Waals surface area contributed by atoms with Crippen molar-refractivity contribution in [1.29, 1.82) is 0 Å². The molecule has 0 unspecified atom stereocenters. The molecule has 0 amide bonds. The van der Waals surface area contributed by atoms with Crippen LogP contribution in [0.1, 0.15) is 0 Å². The molecule has 0 aliphatic carbocycles. The van der Waals surface area contributed by atoms with E-state index in [0.717, 1.165) is 44.7 Å². The summed E-state index contributed by atoms with van der Waals surface area (Å²) in [5.74, 6) is 0.672. The Morgan fingerprint density at radius 1 is 0.481 bits per heavy atom. The minimum atomic E-state index is 0.672. The summed E-state index contributed by atoms with van der Waals surface area (Å²) in [6, 6.07) is 58.1. The van der Waals surface area contributed by atoms with E-state index in [4.69, 9.17) is 15.0 Å². The Balaban J connectivity index is 1.11. The summed E-state index contributed by atoms with van der Waals surface area (Å²) in [6.45, 7) is 0. The summed E-state index contributed by atoms with van der Waals surface area (Å²) in [6.07, 6.45) is 1.81. The molecule has 0 spiro atoms. The molecular weight excluding hydrogens is 653 g/mol. The molecule has 7 aromatic carbocycles. The van der Waals surface area contributed by atoms with Crippen molar-refractivity contribution in [3.05, 3.63) is 170 Å². The van der Waals surface area contributed by atoms with E-state index < -0.39 is 0 Å². The predicted molar refractivity (Wildman–Crippen MR) is 218 cm³/mol. The Bertz CT molecular complexity index is 3180. The summed E-state index contributed by atoms with van der Waals surface area (Å²) in [7, 11) is 0. The van der Waals surface area contributed by atoms with Gasteiger partial charge in [-0.15, -0.1) is 11.3 Å². The van der Waals surface area contributed by atoms with E-state index in [-0.39, 0.29) is 0 Å². The zero-order valence-corrected chi connectivity index (χ0v) is 28.7. The SMILES string of the molecule is c1ccc(-c2cccc(-c3nc(-c4ccc(-n5c6ccccc6c6c7c8ccccc8sc7c7ccccc7c65)cc4)nc4cccnc34)c2)cc1. The Morgan fingerprint density at radius 2 is 1.19 bits per heavy atom. The lowest BCUT2D eigenvalue weighted by Crippen LogP contribution is -1.98. The van der Waals surface area contributed by atoms with E-state index in [1.807, 2.05) is 35.7 Å². The molecule has 0 saturated carbocycles. The van der Waals surface area contributed by atoms with Crippen molar-refractivity contribution in [2.75, 3.05) is 0 Å². The summed E-state index contributed by atoms with van der Waals surface area (Å²) in [4.78, 5) is 14.9. The minimum absolute atomic E-state index is 0.672. The molecule has 11 aromatic rings. The average Bonchev–Trinajstić information content (AvgIpc) is 3.78. The number of nitrogens with zero attached hydrogens (tertiary/aromatic N) is 4. The molecule has 0 bridgehead atoms. The number of hydrogen-bond donors (Lipinski definition) is 0. The maximum absolute atomic E-state index is 5.19. The van der Waals surface area contributed by atoms with Crippen molar-refractivity contribution < 1.29 is 0 Å². The summed E-state index contributed by atoms with van der Waals surface area (Å²) in [5, 5.41) is 7.75. The van der Waals surface area contributed by atoms with Gasteiger partial charge in [0.2, 0.25) is 0 Å². The maximum Gasteiger partial charge on any atom is 0.160 e. The van der Waals surface area contributed by atoms with E-state index in [9.17, 15) is 0 Å². The van der Waals surface area contributed by atoms with E-state index in [0.29, 0.717) is 5.82 Å². The monoisotopic (exact) mass is 680 g/mol. The molecule has 11 rings (SSSR count). The van der Waals surface area contributed by atoms with Gasteiger partial charge in [-0.1, -0.05) is 109 Å². The second-order valence-corrected chi connectivity index (χ2v) is 14.2. The van der Waals surface area contributed by atoms with Crippen LogP contribution in [0.2, 0.25) is 0 Å². The van der Waals surface area contributed by atoms with Crippen molar-refractivity contribution >= 4 is 75.1 Å². The molecule has 0 saturated heterocycles. The highest BCUT2D eigenvalue weighted by molar-refractivity contribution is 7.27. The van der Waals surface area contributed by atoms with Crippen LogP contribution >= 0.6 is 11.3 Å². The van der Waals surface area contributed by atoms with Crippen LogP contribution < -0.4 is 0 Å². The van der Waals surface area contributed by atoms with Crippen molar-refractivity contribution in [3.8, 4) is 39.5 Å². The largest absolute Gasteiger partial charge is 0.309 e. The number of thiophene rings is 1. The number of pyridine rings is 1. The van der Waals surface area contributed by atoms with Gasteiger partial charge in [0.05, 0.1) is 16.6 Å². The lowest BCUT2D eigenvalue weighted by molar-refractivity contribution is 1.18. The van der Waals surface area contributed by atoms with E-state index in [2.05, 4.69) is 150 Å². The summed E-state index contributed by atoms with van der Waals surface area (Å²) in [5.41, 5.74) is 10.2. The number of para-hydroxylation sites is 1. The molecule has 0 radical (unpaired) electrons. The van der Waals surface area contributed by atoms with Crippen molar-refractivity contribution in [1.82, 2.24) is 19.5 Å². The van der Waals surface area contributed by atoms with Crippen LogP contribution in [0.4, 0.5) is 0 Å². The maximum atomic E-state index is 5.19. The smallest absolute Gasteiger partial charge is 0.160 e. The summed E-state index contributed by atoms with van der Waals surface area (Å²) < 4.78 is 5.10. The third-order valence-electron chi connectivity index (χ3n) is 10.2. The number of hydrogen-bond acceptors (Lipinski definition) is 4. The number of fused-ring (bicyclic) bond motifs is 11. The lowest BCUT2D eigenvalue weighted by atomic mass is 10.00. The lowest BCUT2D eigenvalue weighted by Gasteiger charge is -2.12. The molecule has 0 atom stereocenters. The third-order valence-corrected chi connectivity index (χ3v) is 11.4. The first-order valence-corrected chi connectivity index (χ1v) is 18.3. The fourth-order valence-corrected chi connectivity index (χ4v) is 9.17. The molecule has 0 N–H and O–H groups in total. The fraction of sp³-hybridized carbons (Fsp3) is 0. The zero-order valence-electron chi connectivity index (χ0n) is 27.9. The Morgan fingerprint density at radius 3 is 2.06 bits per heavy atom. The van der Waals surface area contributed by atoms with Gasteiger partial charge in [-0.3, -0.25) is 4.98 Å². The average molecular weight is 681 g/mol. The second kappa shape index (κ2) is 11.4. The van der Waals surface area contributed by atoms with Gasteiger partial charge in [0.25, 0.3) is 0 Å². The molecule has 4 heterocycles. The number of benzene rings is 7. The van der Waals surface area contributed by atoms with Crippen LogP contribution in [0.5, 0.6) is 0 Å². The summed E-state index contributed by atoms with van der Waals surface area (Å²) >= 11 is 1.89. The van der Waals surface area contributed by atoms with Gasteiger partial charge in [-0.2, -0.15) is 0 Å². The molecule has 4 aromatic heterocycles. The molecule has 242 valence electrons. The molecule has 52 heavy (non-hydrogen) atoms. The normalized spacial score (nSPS) is 11.8. The van der Waals surface area contributed by atoms with E-state index in [1.54, 1.807) is 0 Å². The fourth-order valence-electron chi connectivity index (χ4n) is 7.92. The van der Waals surface area contributed by atoms with Gasteiger partial charge in [0.1, 0.15) is 11.2 Å². The van der Waals surface area contributed by atoms with Gasteiger partial charge in [-0.25, -0.2) is 9.97 Å². The highest BCUT2D eigenvalue weighted by atomic mass is 32.1. The predicted octanol–water partition coefficient (Wildman–Crippen LogP) is 12.6. The first kappa shape index (κ1) is 29.1. The van der Waals surface area contributed by atoms with Crippen LogP contribution in [-0.4, -0.2) is 19.5 Å². The van der Waals surface area contributed by atoms with Gasteiger partial charge in [-0.05, 0) is 65.7 Å². The van der Waals surface area contributed by atoms with Crippen LogP contribution in [0.15, 0.2) is 170 Å². The first-order valence-electron chi connectivity index (χ1n) is 17.4. The van der Waals surface area contributed by atoms with E-state index in [1.165, 1.54) is 52.8 Å². The van der Waals surface area contributed by atoms with Crippen LogP contribution in [0.3, 0.4) is 0 Å². The molecule has 4 nitrogen and oxygen atoms in total. The zero-order chi connectivity index (χ0) is 34.2. The quantitative estimate of drug-likeness (QED) is 0.186. The highest BCUT2D eigenvalue weighted by Gasteiger charge is 2.22. The Labute approximate surface area is 302 Å². The number of aromatic nitrogens is 4. The molecule has 0 aliphatic rings. The van der Waals surface area contributed by atoms with Crippen molar-refractivity contribution in [2.24, 2.45) is 0 Å². The Kier molecular flexibility index (Phi) is 6.39.